The van der Waals surface area contributed by atoms with Crippen molar-refractivity contribution in [1.29, 1.82) is 0 Å². The van der Waals surface area contributed by atoms with Crippen molar-refractivity contribution in [2.75, 3.05) is 11.9 Å². The Bertz CT molecular complexity index is 508. The standard InChI is InChI=1S/C14H19FN2O4/c1-3-9(8-13(18)19)16-14(20)17-10-5-6-12(21-4-2)11(15)7-10/h5-7,9H,3-4,8H2,1-2H3,(H,18,19)(H2,16,17,20). The highest BCUT2D eigenvalue weighted by Gasteiger charge is 2.14. The van der Waals surface area contributed by atoms with Crippen LogP contribution in [0.25, 0.3) is 0 Å². The Morgan fingerprint density at radius 2 is 2.10 bits per heavy atom. The molecule has 2 amide bonds. The monoisotopic (exact) mass is 298 g/mol. The Morgan fingerprint density at radius 1 is 1.38 bits per heavy atom. The van der Waals surface area contributed by atoms with E-state index in [0.717, 1.165) is 6.07 Å². The first-order valence-corrected chi connectivity index (χ1v) is 6.67. The minimum atomic E-state index is -0.991. The van der Waals surface area contributed by atoms with Crippen molar-refractivity contribution in [1.82, 2.24) is 5.32 Å². The summed E-state index contributed by atoms with van der Waals surface area (Å²) in [6.45, 7) is 3.86. The average molecular weight is 298 g/mol. The predicted octanol–water partition coefficient (Wildman–Crippen LogP) is 2.60. The van der Waals surface area contributed by atoms with Crippen LogP contribution in [0, 0.1) is 5.82 Å². The van der Waals surface area contributed by atoms with Crippen molar-refractivity contribution in [3.63, 3.8) is 0 Å². The molecular formula is C14H19FN2O4. The number of halogens is 1. The number of urea groups is 1. The summed E-state index contributed by atoms with van der Waals surface area (Å²) < 4.78 is 18.7. The summed E-state index contributed by atoms with van der Waals surface area (Å²) in [5, 5.41) is 13.7. The molecule has 116 valence electrons. The van der Waals surface area contributed by atoms with Gasteiger partial charge in [0.15, 0.2) is 11.6 Å². The molecule has 0 radical (unpaired) electrons. The molecule has 0 aliphatic rings. The Balaban J connectivity index is 2.62. The van der Waals surface area contributed by atoms with Gasteiger partial charge in [0.25, 0.3) is 0 Å². The highest BCUT2D eigenvalue weighted by atomic mass is 19.1. The summed E-state index contributed by atoms with van der Waals surface area (Å²) in [4.78, 5) is 22.3. The van der Waals surface area contributed by atoms with E-state index in [0.29, 0.717) is 13.0 Å². The number of hydrogen-bond acceptors (Lipinski definition) is 3. The summed E-state index contributed by atoms with van der Waals surface area (Å²) in [6, 6.07) is 3.01. The van der Waals surface area contributed by atoms with E-state index < -0.39 is 23.9 Å². The number of carbonyl (C=O) groups excluding carboxylic acids is 1. The number of carboxylic acid groups (broad SMARTS) is 1. The van der Waals surface area contributed by atoms with Gasteiger partial charge in [0.05, 0.1) is 13.0 Å². The first-order chi connectivity index (χ1) is 9.96. The van der Waals surface area contributed by atoms with Crippen molar-refractivity contribution in [3.8, 4) is 5.75 Å². The fourth-order valence-corrected chi connectivity index (χ4v) is 1.71. The Kier molecular flexibility index (Phi) is 6.45. The smallest absolute Gasteiger partial charge is 0.319 e. The molecule has 1 aromatic carbocycles. The molecule has 0 aromatic heterocycles. The number of amides is 2. The maximum Gasteiger partial charge on any atom is 0.319 e. The number of ether oxygens (including phenoxy) is 1. The van der Waals surface area contributed by atoms with Gasteiger partial charge in [-0.15, -0.1) is 0 Å². The SMILES string of the molecule is CCOc1ccc(NC(=O)NC(CC)CC(=O)O)cc1F. The van der Waals surface area contributed by atoms with Crippen LogP contribution in [0.15, 0.2) is 18.2 Å². The van der Waals surface area contributed by atoms with Gasteiger partial charge in [0.1, 0.15) is 0 Å². The molecule has 0 heterocycles. The fraction of sp³-hybridized carbons (Fsp3) is 0.429. The molecular weight excluding hydrogens is 279 g/mol. The van der Waals surface area contributed by atoms with Gasteiger partial charge in [0, 0.05) is 17.8 Å². The van der Waals surface area contributed by atoms with Crippen molar-refractivity contribution in [2.45, 2.75) is 32.7 Å². The van der Waals surface area contributed by atoms with E-state index in [2.05, 4.69) is 10.6 Å². The van der Waals surface area contributed by atoms with Crippen LogP contribution in [0.4, 0.5) is 14.9 Å². The van der Waals surface area contributed by atoms with E-state index in [1.54, 1.807) is 13.8 Å². The topological polar surface area (TPSA) is 87.7 Å². The Labute approximate surface area is 122 Å². The highest BCUT2D eigenvalue weighted by Crippen LogP contribution is 2.21. The molecule has 3 N–H and O–H groups in total. The zero-order chi connectivity index (χ0) is 15.8. The van der Waals surface area contributed by atoms with Crippen LogP contribution >= 0.6 is 0 Å². The quantitative estimate of drug-likeness (QED) is 0.722. The average Bonchev–Trinajstić information content (AvgIpc) is 2.40. The molecule has 0 spiro atoms. The number of rotatable bonds is 7. The maximum atomic E-state index is 13.6. The minimum absolute atomic E-state index is 0.112. The third kappa shape index (κ3) is 5.68. The Hall–Kier alpha value is -2.31. The van der Waals surface area contributed by atoms with Gasteiger partial charge >= 0.3 is 12.0 Å². The van der Waals surface area contributed by atoms with Crippen LogP contribution in [0.1, 0.15) is 26.7 Å². The molecule has 0 aliphatic heterocycles. The molecule has 7 heteroatoms. The lowest BCUT2D eigenvalue weighted by Gasteiger charge is -2.15. The first kappa shape index (κ1) is 16.7. The number of nitrogens with one attached hydrogen (secondary N) is 2. The van der Waals surface area contributed by atoms with E-state index in [1.165, 1.54) is 12.1 Å². The molecule has 0 saturated carbocycles. The zero-order valence-electron chi connectivity index (χ0n) is 12.0. The van der Waals surface area contributed by atoms with E-state index in [9.17, 15) is 14.0 Å². The second kappa shape index (κ2) is 8.08. The normalized spacial score (nSPS) is 11.6. The molecule has 0 aliphatic carbocycles. The third-order valence-corrected chi connectivity index (χ3v) is 2.74. The summed E-state index contributed by atoms with van der Waals surface area (Å²) in [5.74, 6) is -1.46. The van der Waals surface area contributed by atoms with E-state index in [4.69, 9.17) is 9.84 Å². The minimum Gasteiger partial charge on any atom is -0.491 e. The highest BCUT2D eigenvalue weighted by molar-refractivity contribution is 5.89. The van der Waals surface area contributed by atoms with Gasteiger partial charge in [-0.05, 0) is 25.5 Å². The van der Waals surface area contributed by atoms with Crippen LogP contribution in [-0.4, -0.2) is 29.8 Å². The van der Waals surface area contributed by atoms with Crippen LogP contribution in [-0.2, 0) is 4.79 Å². The van der Waals surface area contributed by atoms with Crippen molar-refractivity contribution in [3.05, 3.63) is 24.0 Å². The van der Waals surface area contributed by atoms with Crippen LogP contribution in [0.3, 0.4) is 0 Å². The van der Waals surface area contributed by atoms with E-state index >= 15 is 0 Å². The summed E-state index contributed by atoms with van der Waals surface area (Å²) in [6.07, 6.45) is 0.318. The van der Waals surface area contributed by atoms with Gasteiger partial charge < -0.3 is 20.5 Å². The molecule has 1 atom stereocenters. The summed E-state index contributed by atoms with van der Waals surface area (Å²) in [5.41, 5.74) is 0.263. The number of hydrogen-bond donors (Lipinski definition) is 3. The molecule has 0 fully saturated rings. The van der Waals surface area contributed by atoms with Crippen LogP contribution in [0.5, 0.6) is 5.75 Å². The van der Waals surface area contributed by atoms with Gasteiger partial charge in [-0.2, -0.15) is 0 Å². The molecule has 0 bridgehead atoms. The molecule has 1 unspecified atom stereocenters. The van der Waals surface area contributed by atoms with E-state index in [1.807, 2.05) is 0 Å². The van der Waals surface area contributed by atoms with Gasteiger partial charge in [0.2, 0.25) is 0 Å². The third-order valence-electron chi connectivity index (χ3n) is 2.74. The van der Waals surface area contributed by atoms with Crippen molar-refractivity contribution >= 4 is 17.7 Å². The first-order valence-electron chi connectivity index (χ1n) is 6.67. The van der Waals surface area contributed by atoms with E-state index in [-0.39, 0.29) is 17.9 Å². The maximum absolute atomic E-state index is 13.6. The molecule has 1 rings (SSSR count). The summed E-state index contributed by atoms with van der Waals surface area (Å²) in [7, 11) is 0. The van der Waals surface area contributed by atoms with Gasteiger partial charge in [-0.1, -0.05) is 6.92 Å². The van der Waals surface area contributed by atoms with Crippen molar-refractivity contribution < 1.29 is 23.8 Å². The number of aliphatic carboxylic acids is 1. The number of carboxylic acids is 1. The second-order valence-electron chi connectivity index (χ2n) is 4.38. The molecule has 6 nitrogen and oxygen atoms in total. The largest absolute Gasteiger partial charge is 0.491 e. The zero-order valence-corrected chi connectivity index (χ0v) is 12.0. The lowest BCUT2D eigenvalue weighted by molar-refractivity contribution is -0.137. The van der Waals surface area contributed by atoms with Crippen molar-refractivity contribution in [2.24, 2.45) is 0 Å². The van der Waals surface area contributed by atoms with Gasteiger partial charge in [-0.25, -0.2) is 9.18 Å². The number of carbonyl (C=O) groups is 2. The predicted molar refractivity (Wildman–Crippen MR) is 76.1 cm³/mol. The lowest BCUT2D eigenvalue weighted by Crippen LogP contribution is -2.38. The summed E-state index contributed by atoms with van der Waals surface area (Å²) >= 11 is 0. The number of anilines is 1. The molecule has 0 saturated heterocycles. The van der Waals surface area contributed by atoms with Crippen LogP contribution < -0.4 is 15.4 Å². The lowest BCUT2D eigenvalue weighted by atomic mass is 10.1. The van der Waals surface area contributed by atoms with Crippen LogP contribution in [0.2, 0.25) is 0 Å². The molecule has 21 heavy (non-hydrogen) atoms. The fourth-order valence-electron chi connectivity index (χ4n) is 1.71. The molecule has 1 aromatic rings. The Morgan fingerprint density at radius 3 is 2.62 bits per heavy atom. The second-order valence-corrected chi connectivity index (χ2v) is 4.38. The van der Waals surface area contributed by atoms with Gasteiger partial charge in [-0.3, -0.25) is 4.79 Å². The number of benzene rings is 1.